The minimum Gasteiger partial charge on any atom is -0.497 e. The van der Waals surface area contributed by atoms with Crippen LogP contribution in [-0.2, 0) is 10.3 Å². The zero-order valence-corrected chi connectivity index (χ0v) is 11.0. The lowest BCUT2D eigenvalue weighted by Crippen LogP contribution is -2.22. The summed E-state index contributed by atoms with van der Waals surface area (Å²) in [5.41, 5.74) is -0.514. The Bertz CT molecular complexity index is 518. The molecule has 0 aliphatic heterocycles. The van der Waals surface area contributed by atoms with E-state index in [1.807, 2.05) is 0 Å². The average Bonchev–Trinajstić information content (AvgIpc) is 2.87. The van der Waals surface area contributed by atoms with Gasteiger partial charge in [-0.05, 0) is 12.8 Å². The summed E-state index contributed by atoms with van der Waals surface area (Å²) in [6.07, 6.45) is 4.64. The molecule has 19 heavy (non-hydrogen) atoms. The number of hydrogen-bond acceptors (Lipinski definition) is 4. The first-order chi connectivity index (χ1) is 9.16. The Kier molecular flexibility index (Phi) is 3.86. The molecule has 1 fully saturated rings. The molecule has 0 bridgehead atoms. The molecule has 1 aliphatic rings. The molecule has 0 N–H and O–H groups in total. The number of hydrogen-bond donors (Lipinski definition) is 0. The lowest BCUT2D eigenvalue weighted by atomic mass is 9.87. The fraction of sp³-hybridized carbons (Fsp3) is 0.500. The molecule has 0 amide bonds. The number of carbonyl (C=O) groups excluding carboxylic acids is 1. The van der Waals surface area contributed by atoms with E-state index >= 15 is 0 Å². The number of aliphatic imine (C=N–C) groups is 1. The van der Waals surface area contributed by atoms with E-state index in [9.17, 15) is 9.18 Å². The van der Waals surface area contributed by atoms with Gasteiger partial charge in [-0.2, -0.15) is 4.99 Å². The first kappa shape index (κ1) is 13.6. The molecule has 0 atom stereocenters. The van der Waals surface area contributed by atoms with Crippen LogP contribution < -0.4 is 9.47 Å². The number of methoxy groups -OCH3 is 2. The lowest BCUT2D eigenvalue weighted by Gasteiger charge is -2.25. The molecule has 1 saturated carbocycles. The first-order valence-corrected chi connectivity index (χ1v) is 6.18. The maximum atomic E-state index is 14.4. The molecule has 2 rings (SSSR count). The predicted molar refractivity (Wildman–Crippen MR) is 67.8 cm³/mol. The lowest BCUT2D eigenvalue weighted by molar-refractivity contribution is 0.355. The second kappa shape index (κ2) is 5.41. The van der Waals surface area contributed by atoms with Gasteiger partial charge in [0.2, 0.25) is 6.08 Å². The van der Waals surface area contributed by atoms with Crippen LogP contribution in [0.3, 0.4) is 0 Å². The van der Waals surface area contributed by atoms with Crippen molar-refractivity contribution in [2.75, 3.05) is 14.2 Å². The SMILES string of the molecule is COc1cc(F)c(C2(N=C=O)CCCC2)c(OC)c1. The van der Waals surface area contributed by atoms with Crippen molar-refractivity contribution < 1.29 is 18.7 Å². The van der Waals surface area contributed by atoms with E-state index in [0.717, 1.165) is 12.8 Å². The molecular formula is C14H16FNO3. The van der Waals surface area contributed by atoms with Gasteiger partial charge in [-0.15, -0.1) is 0 Å². The van der Waals surface area contributed by atoms with Gasteiger partial charge in [0.1, 0.15) is 22.9 Å². The van der Waals surface area contributed by atoms with E-state index in [-0.39, 0.29) is 0 Å². The highest BCUT2D eigenvalue weighted by molar-refractivity contribution is 5.48. The highest BCUT2D eigenvalue weighted by atomic mass is 19.1. The van der Waals surface area contributed by atoms with Gasteiger partial charge in [-0.1, -0.05) is 12.8 Å². The Morgan fingerprint density at radius 2 is 1.95 bits per heavy atom. The Balaban J connectivity index is 2.62. The molecule has 0 saturated heterocycles. The molecule has 0 heterocycles. The van der Waals surface area contributed by atoms with Crippen molar-refractivity contribution in [3.63, 3.8) is 0 Å². The predicted octanol–water partition coefficient (Wildman–Crippen LogP) is 2.95. The van der Waals surface area contributed by atoms with Crippen LogP contribution in [0.5, 0.6) is 11.5 Å². The van der Waals surface area contributed by atoms with Crippen molar-refractivity contribution in [2.24, 2.45) is 4.99 Å². The standard InChI is InChI=1S/C14H16FNO3/c1-18-10-7-11(15)13(12(8-10)19-2)14(16-9-17)5-3-4-6-14/h7-8H,3-6H2,1-2H3. The van der Waals surface area contributed by atoms with E-state index in [0.29, 0.717) is 29.9 Å². The van der Waals surface area contributed by atoms with Gasteiger partial charge >= 0.3 is 0 Å². The van der Waals surface area contributed by atoms with Gasteiger partial charge in [0, 0.05) is 12.1 Å². The number of isocyanates is 1. The Labute approximate surface area is 111 Å². The minimum atomic E-state index is -0.844. The van der Waals surface area contributed by atoms with Gasteiger partial charge in [0.15, 0.2) is 0 Å². The maximum Gasteiger partial charge on any atom is 0.235 e. The van der Waals surface area contributed by atoms with E-state index in [2.05, 4.69) is 4.99 Å². The van der Waals surface area contributed by atoms with Crippen LogP contribution in [0.25, 0.3) is 0 Å². The highest BCUT2D eigenvalue weighted by Crippen LogP contribution is 2.47. The maximum absolute atomic E-state index is 14.4. The molecule has 1 aromatic rings. The van der Waals surface area contributed by atoms with E-state index in [1.165, 1.54) is 20.3 Å². The van der Waals surface area contributed by atoms with Crippen LogP contribution in [0, 0.1) is 5.82 Å². The van der Waals surface area contributed by atoms with Crippen LogP contribution in [0.2, 0.25) is 0 Å². The van der Waals surface area contributed by atoms with Crippen molar-refractivity contribution in [3.05, 3.63) is 23.5 Å². The smallest absolute Gasteiger partial charge is 0.235 e. The van der Waals surface area contributed by atoms with E-state index < -0.39 is 11.4 Å². The van der Waals surface area contributed by atoms with Crippen LogP contribution in [0.1, 0.15) is 31.2 Å². The van der Waals surface area contributed by atoms with Crippen molar-refractivity contribution in [1.29, 1.82) is 0 Å². The van der Waals surface area contributed by atoms with Crippen LogP contribution in [0.4, 0.5) is 4.39 Å². The molecule has 0 spiro atoms. The summed E-state index contributed by atoms with van der Waals surface area (Å²) >= 11 is 0. The topological polar surface area (TPSA) is 47.9 Å². The quantitative estimate of drug-likeness (QED) is 0.621. The summed E-state index contributed by atoms with van der Waals surface area (Å²) in [5, 5.41) is 0. The summed E-state index contributed by atoms with van der Waals surface area (Å²) in [6.45, 7) is 0. The number of rotatable bonds is 4. The molecule has 102 valence electrons. The molecule has 0 radical (unpaired) electrons. The minimum absolute atomic E-state index is 0.330. The Morgan fingerprint density at radius 1 is 1.26 bits per heavy atom. The van der Waals surface area contributed by atoms with Crippen molar-refractivity contribution >= 4 is 6.08 Å². The van der Waals surface area contributed by atoms with Crippen molar-refractivity contribution in [2.45, 2.75) is 31.2 Å². The largest absolute Gasteiger partial charge is 0.497 e. The highest BCUT2D eigenvalue weighted by Gasteiger charge is 2.40. The summed E-state index contributed by atoms with van der Waals surface area (Å²) < 4.78 is 24.6. The summed E-state index contributed by atoms with van der Waals surface area (Å²) in [7, 11) is 2.92. The zero-order chi connectivity index (χ0) is 13.9. The third-order valence-corrected chi connectivity index (χ3v) is 3.64. The molecule has 0 aromatic heterocycles. The summed E-state index contributed by atoms with van der Waals surface area (Å²) in [5.74, 6) is 0.274. The van der Waals surface area contributed by atoms with Gasteiger partial charge in [0.25, 0.3) is 0 Å². The third-order valence-electron chi connectivity index (χ3n) is 3.64. The molecular weight excluding hydrogens is 249 g/mol. The van der Waals surface area contributed by atoms with Crippen LogP contribution in [0.15, 0.2) is 17.1 Å². The number of ether oxygens (including phenoxy) is 2. The Morgan fingerprint density at radius 3 is 2.47 bits per heavy atom. The van der Waals surface area contributed by atoms with Gasteiger partial charge in [0.05, 0.1) is 19.8 Å². The van der Waals surface area contributed by atoms with Gasteiger partial charge < -0.3 is 9.47 Å². The summed E-state index contributed by atoms with van der Waals surface area (Å²) in [6, 6.07) is 2.90. The second-order valence-electron chi connectivity index (χ2n) is 4.63. The number of halogens is 1. The van der Waals surface area contributed by atoms with Gasteiger partial charge in [-0.25, -0.2) is 9.18 Å². The van der Waals surface area contributed by atoms with Gasteiger partial charge in [-0.3, -0.25) is 0 Å². The van der Waals surface area contributed by atoms with Crippen molar-refractivity contribution in [1.82, 2.24) is 0 Å². The fourth-order valence-electron chi connectivity index (χ4n) is 2.75. The first-order valence-electron chi connectivity index (χ1n) is 6.18. The molecule has 5 heteroatoms. The average molecular weight is 265 g/mol. The third kappa shape index (κ3) is 2.34. The molecule has 4 nitrogen and oxygen atoms in total. The number of nitrogens with zero attached hydrogens (tertiary/aromatic N) is 1. The zero-order valence-electron chi connectivity index (χ0n) is 11.0. The monoisotopic (exact) mass is 265 g/mol. The van der Waals surface area contributed by atoms with Crippen molar-refractivity contribution in [3.8, 4) is 11.5 Å². The second-order valence-corrected chi connectivity index (χ2v) is 4.63. The van der Waals surface area contributed by atoms with E-state index in [4.69, 9.17) is 9.47 Å². The van der Waals surface area contributed by atoms with E-state index in [1.54, 1.807) is 12.1 Å². The Hall–Kier alpha value is -1.87. The summed E-state index contributed by atoms with van der Waals surface area (Å²) in [4.78, 5) is 14.6. The number of benzene rings is 1. The molecule has 1 aliphatic carbocycles. The van der Waals surface area contributed by atoms with Crippen LogP contribution >= 0.6 is 0 Å². The normalized spacial score (nSPS) is 16.8. The van der Waals surface area contributed by atoms with Crippen LogP contribution in [-0.4, -0.2) is 20.3 Å². The molecule has 0 unspecified atom stereocenters. The fourth-order valence-corrected chi connectivity index (χ4v) is 2.75. The molecule has 1 aromatic carbocycles.